The predicted octanol–water partition coefficient (Wildman–Crippen LogP) is -1.73. The van der Waals surface area contributed by atoms with Gasteiger partial charge in [-0.15, -0.1) is 11.8 Å². The number of carbonyl (C=O) groups is 1. The van der Waals surface area contributed by atoms with Gasteiger partial charge in [0.05, 0.1) is 6.61 Å². The molecule has 0 aromatic rings. The van der Waals surface area contributed by atoms with Crippen LogP contribution < -0.4 is 5.73 Å². The molecule has 7 atom stereocenters. The van der Waals surface area contributed by atoms with E-state index in [-0.39, 0.29) is 18.3 Å². The molecule has 128 valence electrons. The van der Waals surface area contributed by atoms with Gasteiger partial charge < -0.3 is 36.0 Å². The Labute approximate surface area is 132 Å². The van der Waals surface area contributed by atoms with Crippen molar-refractivity contribution in [1.82, 2.24) is 0 Å². The maximum absolute atomic E-state index is 9.94. The molecule has 0 spiro atoms. The van der Waals surface area contributed by atoms with E-state index >= 15 is 0 Å². The monoisotopic (exact) mass is 337 g/mol. The smallest absolute Gasteiger partial charge is 0.290 e. The fourth-order valence-electron chi connectivity index (χ4n) is 2.34. The molecule has 1 unspecified atom stereocenters. The van der Waals surface area contributed by atoms with E-state index in [4.69, 9.17) is 20.4 Å². The van der Waals surface area contributed by atoms with Crippen LogP contribution in [0.3, 0.4) is 0 Å². The van der Waals surface area contributed by atoms with Crippen LogP contribution in [0.4, 0.5) is 0 Å². The van der Waals surface area contributed by atoms with Gasteiger partial charge in [-0.05, 0) is 12.8 Å². The van der Waals surface area contributed by atoms with Crippen LogP contribution in [0, 0.1) is 0 Å². The lowest BCUT2D eigenvalue weighted by molar-refractivity contribution is -0.202. The molecule has 8 nitrogen and oxygen atoms in total. The van der Waals surface area contributed by atoms with Crippen LogP contribution in [0.1, 0.15) is 12.8 Å². The van der Waals surface area contributed by atoms with Crippen LogP contribution in [0.15, 0.2) is 12.2 Å². The molecule has 2 bridgehead atoms. The Morgan fingerprint density at radius 3 is 2.36 bits per heavy atom. The van der Waals surface area contributed by atoms with Crippen LogP contribution in [0.25, 0.3) is 0 Å². The maximum atomic E-state index is 9.94. The van der Waals surface area contributed by atoms with Gasteiger partial charge in [-0.25, -0.2) is 0 Å². The van der Waals surface area contributed by atoms with Crippen LogP contribution in [0.5, 0.6) is 0 Å². The van der Waals surface area contributed by atoms with Gasteiger partial charge in [0.25, 0.3) is 6.47 Å². The summed E-state index contributed by atoms with van der Waals surface area (Å²) in [6.07, 6.45) is 0.571. The first-order chi connectivity index (χ1) is 10.5. The minimum Gasteiger partial charge on any atom is -0.483 e. The van der Waals surface area contributed by atoms with E-state index in [2.05, 4.69) is 0 Å². The number of thioether (sulfide) groups is 1. The van der Waals surface area contributed by atoms with E-state index in [1.165, 1.54) is 11.8 Å². The first kappa shape index (κ1) is 19.4. The number of hydrogen-bond acceptors (Lipinski definition) is 8. The zero-order valence-electron chi connectivity index (χ0n) is 11.9. The van der Waals surface area contributed by atoms with Gasteiger partial charge in [0, 0.05) is 11.3 Å². The van der Waals surface area contributed by atoms with Crippen LogP contribution in [-0.4, -0.2) is 79.8 Å². The van der Waals surface area contributed by atoms with Crippen molar-refractivity contribution in [2.24, 2.45) is 5.73 Å². The van der Waals surface area contributed by atoms with Crippen LogP contribution in [0.2, 0.25) is 0 Å². The summed E-state index contributed by atoms with van der Waals surface area (Å²) in [6, 6.07) is -0.442. The molecule has 0 aromatic heterocycles. The second-order valence-electron chi connectivity index (χ2n) is 5.09. The van der Waals surface area contributed by atoms with Crippen molar-refractivity contribution in [2.75, 3.05) is 6.61 Å². The van der Waals surface area contributed by atoms with Gasteiger partial charge in [-0.3, -0.25) is 4.79 Å². The molecule has 0 saturated carbocycles. The summed E-state index contributed by atoms with van der Waals surface area (Å²) in [4.78, 5) is 8.36. The van der Waals surface area contributed by atoms with E-state index in [1.54, 1.807) is 0 Å². The number of nitrogens with two attached hydrogens (primary N) is 1. The van der Waals surface area contributed by atoms with Gasteiger partial charge in [0.1, 0.15) is 29.9 Å². The van der Waals surface area contributed by atoms with Gasteiger partial charge in [-0.2, -0.15) is 0 Å². The van der Waals surface area contributed by atoms with Crippen molar-refractivity contribution >= 4 is 18.2 Å². The Kier molecular flexibility index (Phi) is 8.33. The number of rotatable bonds is 1. The summed E-state index contributed by atoms with van der Waals surface area (Å²) in [5.74, 6) is 0. The molecular weight excluding hydrogens is 314 g/mol. The summed E-state index contributed by atoms with van der Waals surface area (Å²) < 4.78 is 5.64. The summed E-state index contributed by atoms with van der Waals surface area (Å²) in [7, 11) is 0. The van der Waals surface area contributed by atoms with Gasteiger partial charge >= 0.3 is 0 Å². The minimum atomic E-state index is -1.29. The Morgan fingerprint density at radius 2 is 1.77 bits per heavy atom. The number of carboxylic acid groups (broad SMARTS) is 1. The molecule has 0 aliphatic carbocycles. The number of aliphatic hydroxyl groups is 4. The fourth-order valence-corrected chi connectivity index (χ4v) is 3.54. The minimum absolute atomic E-state index is 0.0447. The lowest BCUT2D eigenvalue weighted by Crippen LogP contribution is -2.61. The Hall–Kier alpha value is -0.680. The quantitative estimate of drug-likeness (QED) is 0.242. The third kappa shape index (κ3) is 4.92. The van der Waals surface area contributed by atoms with Crippen LogP contribution >= 0.6 is 11.8 Å². The molecule has 0 radical (unpaired) electrons. The van der Waals surface area contributed by atoms with Gasteiger partial charge in [0.15, 0.2) is 0 Å². The number of hydrogen-bond donors (Lipinski definition) is 6. The maximum Gasteiger partial charge on any atom is 0.290 e. The highest BCUT2D eigenvalue weighted by Gasteiger charge is 2.46. The number of aliphatic hydroxyl groups excluding tert-OH is 4. The van der Waals surface area contributed by atoms with Crippen molar-refractivity contribution < 1.29 is 35.1 Å². The first-order valence-corrected chi connectivity index (χ1v) is 7.84. The number of ether oxygens (including phenoxy) is 1. The van der Waals surface area contributed by atoms with E-state index in [0.29, 0.717) is 12.8 Å². The average Bonchev–Trinajstić information content (AvgIpc) is 2.50. The molecule has 2 rings (SSSR count). The summed E-state index contributed by atoms with van der Waals surface area (Å²) >= 11 is 1.26. The second-order valence-corrected chi connectivity index (χ2v) is 6.50. The molecule has 22 heavy (non-hydrogen) atoms. The molecule has 0 aromatic carbocycles. The Bertz CT molecular complexity index is 370. The summed E-state index contributed by atoms with van der Waals surface area (Å²) in [5, 5.41) is 45.8. The van der Waals surface area contributed by atoms with Crippen LogP contribution in [-0.2, 0) is 9.53 Å². The highest BCUT2D eigenvalue weighted by molar-refractivity contribution is 8.00. The highest BCUT2D eigenvalue weighted by atomic mass is 32.2. The molecule has 2 aliphatic heterocycles. The molecule has 1 fully saturated rings. The van der Waals surface area contributed by atoms with Crippen molar-refractivity contribution in [3.05, 3.63) is 12.2 Å². The zero-order chi connectivity index (χ0) is 16.7. The summed E-state index contributed by atoms with van der Waals surface area (Å²) in [5.41, 5.74) is 5.26. The molecule has 7 N–H and O–H groups in total. The molecule has 2 heterocycles. The number of fused-ring (bicyclic) bond motifs is 2. The highest BCUT2D eigenvalue weighted by Crippen LogP contribution is 2.34. The molecule has 9 heteroatoms. The van der Waals surface area contributed by atoms with Crippen molar-refractivity contribution in [3.63, 3.8) is 0 Å². The Balaban J connectivity index is 0.000000745. The van der Waals surface area contributed by atoms with E-state index < -0.39 is 35.9 Å². The molecule has 1 saturated heterocycles. The van der Waals surface area contributed by atoms with E-state index in [1.807, 2.05) is 12.2 Å². The SMILES string of the molecule is N[C@@H]1CC=CCC(CO)S[C@H]2O[C@H]1[C@H](O)[C@H](O)[C@H]2O.O=CO. The molecular formula is C13H23NO7S. The molecule has 0 amide bonds. The van der Waals surface area contributed by atoms with Gasteiger partial charge in [0.2, 0.25) is 0 Å². The molecule has 2 aliphatic rings. The first-order valence-electron chi connectivity index (χ1n) is 6.90. The number of allylic oxidation sites excluding steroid dienone is 1. The normalized spacial score (nSPS) is 42.0. The largest absolute Gasteiger partial charge is 0.483 e. The van der Waals surface area contributed by atoms with Crippen molar-refractivity contribution in [2.45, 2.75) is 54.0 Å². The third-order valence-electron chi connectivity index (χ3n) is 3.53. The topological polar surface area (TPSA) is 153 Å². The average molecular weight is 337 g/mol. The van der Waals surface area contributed by atoms with E-state index in [9.17, 15) is 20.4 Å². The van der Waals surface area contributed by atoms with E-state index in [0.717, 1.165) is 0 Å². The van der Waals surface area contributed by atoms with Crippen molar-refractivity contribution in [1.29, 1.82) is 0 Å². The Morgan fingerprint density at radius 1 is 1.18 bits per heavy atom. The third-order valence-corrected chi connectivity index (χ3v) is 4.92. The standard InChI is InChI=1S/C12H21NO5S.CH2O2/c13-7-4-2-1-3-6(5-14)19-12-10(17)8(15)9(16)11(7)18-12;2-1-3/h1-2,6-12,14-17H,3-5,13H2;1H,(H,2,3)/t6?,7-,8+,9-,10-,11-,12-;/m1./s1. The lowest BCUT2D eigenvalue weighted by atomic mass is 9.93. The lowest BCUT2D eigenvalue weighted by Gasteiger charge is -2.43. The second kappa shape index (κ2) is 9.46. The predicted molar refractivity (Wildman–Crippen MR) is 80.2 cm³/mol. The summed E-state index contributed by atoms with van der Waals surface area (Å²) in [6.45, 7) is -0.295. The fraction of sp³-hybridized carbons (Fsp3) is 0.769. The van der Waals surface area contributed by atoms with Crippen molar-refractivity contribution in [3.8, 4) is 0 Å². The van der Waals surface area contributed by atoms with Gasteiger partial charge in [-0.1, -0.05) is 12.2 Å². The zero-order valence-corrected chi connectivity index (χ0v) is 12.7.